The summed E-state index contributed by atoms with van der Waals surface area (Å²) in [5.41, 5.74) is 0. The summed E-state index contributed by atoms with van der Waals surface area (Å²) >= 11 is 1.32. The molecule has 1 N–H and O–H groups in total. The van der Waals surface area contributed by atoms with Crippen molar-refractivity contribution in [3.8, 4) is 0 Å². The standard InChI is InChI=1S/C10H15NO2S/c1-4-7(2)11(3)9-6-5-8(14-9)10(12)13/h5-7H,4H2,1-3H3,(H,12,13). The van der Waals surface area contributed by atoms with E-state index < -0.39 is 5.97 Å². The molecule has 0 aliphatic rings. The van der Waals surface area contributed by atoms with Gasteiger partial charge in [0.05, 0.1) is 5.00 Å². The van der Waals surface area contributed by atoms with Gasteiger partial charge in [-0.1, -0.05) is 6.92 Å². The van der Waals surface area contributed by atoms with E-state index >= 15 is 0 Å². The molecule has 0 saturated carbocycles. The van der Waals surface area contributed by atoms with Crippen molar-refractivity contribution >= 4 is 22.3 Å². The molecule has 4 heteroatoms. The lowest BCUT2D eigenvalue weighted by atomic mass is 10.2. The van der Waals surface area contributed by atoms with Crippen LogP contribution < -0.4 is 4.90 Å². The monoisotopic (exact) mass is 213 g/mol. The molecule has 0 saturated heterocycles. The molecule has 0 bridgehead atoms. The van der Waals surface area contributed by atoms with Gasteiger partial charge in [0.15, 0.2) is 0 Å². The number of hydrogen-bond acceptors (Lipinski definition) is 3. The summed E-state index contributed by atoms with van der Waals surface area (Å²) in [5.74, 6) is -0.848. The molecule has 1 atom stereocenters. The molecule has 1 aromatic heterocycles. The molecule has 3 nitrogen and oxygen atoms in total. The second-order valence-electron chi connectivity index (χ2n) is 3.31. The first-order valence-electron chi connectivity index (χ1n) is 4.62. The summed E-state index contributed by atoms with van der Waals surface area (Å²) in [5, 5.41) is 9.78. The molecule has 1 unspecified atom stereocenters. The van der Waals surface area contributed by atoms with E-state index in [2.05, 4.69) is 18.7 Å². The van der Waals surface area contributed by atoms with E-state index in [1.807, 2.05) is 13.1 Å². The Hall–Kier alpha value is -1.03. The summed E-state index contributed by atoms with van der Waals surface area (Å²) in [6.45, 7) is 4.24. The fourth-order valence-corrected chi connectivity index (χ4v) is 2.03. The van der Waals surface area contributed by atoms with Gasteiger partial charge in [0, 0.05) is 13.1 Å². The Balaban J connectivity index is 2.81. The molecule has 0 radical (unpaired) electrons. The smallest absolute Gasteiger partial charge is 0.345 e. The van der Waals surface area contributed by atoms with Gasteiger partial charge in [-0.2, -0.15) is 0 Å². The molecule has 14 heavy (non-hydrogen) atoms. The zero-order valence-corrected chi connectivity index (χ0v) is 9.47. The first kappa shape index (κ1) is 11.0. The van der Waals surface area contributed by atoms with E-state index in [0.717, 1.165) is 11.4 Å². The average Bonchev–Trinajstić information content (AvgIpc) is 2.64. The third-order valence-corrected chi connectivity index (χ3v) is 3.57. The van der Waals surface area contributed by atoms with E-state index in [9.17, 15) is 4.79 Å². The van der Waals surface area contributed by atoms with Crippen molar-refractivity contribution < 1.29 is 9.90 Å². The summed E-state index contributed by atoms with van der Waals surface area (Å²) in [7, 11) is 1.99. The van der Waals surface area contributed by atoms with Gasteiger partial charge >= 0.3 is 5.97 Å². The van der Waals surface area contributed by atoms with Crippen molar-refractivity contribution in [1.82, 2.24) is 0 Å². The third kappa shape index (κ3) is 2.26. The minimum Gasteiger partial charge on any atom is -0.477 e. The predicted molar refractivity (Wildman–Crippen MR) is 59.4 cm³/mol. The molecule has 1 rings (SSSR count). The molecule has 78 valence electrons. The largest absolute Gasteiger partial charge is 0.477 e. The summed E-state index contributed by atoms with van der Waals surface area (Å²) in [4.78, 5) is 13.2. The number of anilines is 1. The second kappa shape index (κ2) is 4.46. The predicted octanol–water partition coefficient (Wildman–Crippen LogP) is 2.68. The molecular formula is C10H15NO2S. The van der Waals surface area contributed by atoms with Gasteiger partial charge in [0.1, 0.15) is 4.88 Å². The van der Waals surface area contributed by atoms with Crippen molar-refractivity contribution in [2.75, 3.05) is 11.9 Å². The zero-order chi connectivity index (χ0) is 10.7. The minimum absolute atomic E-state index is 0.398. The van der Waals surface area contributed by atoms with Gasteiger partial charge in [0.2, 0.25) is 0 Å². The SMILES string of the molecule is CCC(C)N(C)c1ccc(C(=O)O)s1. The number of carboxylic acid groups (broad SMARTS) is 1. The van der Waals surface area contributed by atoms with Crippen LogP contribution >= 0.6 is 11.3 Å². The second-order valence-corrected chi connectivity index (χ2v) is 4.37. The van der Waals surface area contributed by atoms with Crippen molar-refractivity contribution in [1.29, 1.82) is 0 Å². The van der Waals surface area contributed by atoms with E-state index in [1.165, 1.54) is 11.3 Å². The molecule has 0 aliphatic carbocycles. The minimum atomic E-state index is -0.848. The average molecular weight is 213 g/mol. The molecule has 0 aromatic carbocycles. The highest BCUT2D eigenvalue weighted by molar-refractivity contribution is 7.17. The van der Waals surface area contributed by atoms with Crippen LogP contribution in [-0.4, -0.2) is 24.2 Å². The van der Waals surface area contributed by atoms with Crippen LogP contribution in [0.2, 0.25) is 0 Å². The van der Waals surface area contributed by atoms with Crippen LogP contribution in [0.25, 0.3) is 0 Å². The van der Waals surface area contributed by atoms with Gasteiger partial charge in [-0.15, -0.1) is 11.3 Å². The van der Waals surface area contributed by atoms with E-state index in [1.54, 1.807) is 6.07 Å². The lowest BCUT2D eigenvalue weighted by Gasteiger charge is -2.23. The summed E-state index contributed by atoms with van der Waals surface area (Å²) in [6.07, 6.45) is 1.05. The highest BCUT2D eigenvalue weighted by Crippen LogP contribution is 2.26. The maximum absolute atomic E-state index is 10.7. The van der Waals surface area contributed by atoms with Crippen LogP contribution in [0.5, 0.6) is 0 Å². The molecule has 0 amide bonds. The number of aromatic carboxylic acids is 1. The number of thiophene rings is 1. The molecule has 0 aliphatic heterocycles. The Morgan fingerprint density at radius 1 is 1.64 bits per heavy atom. The van der Waals surface area contributed by atoms with Crippen molar-refractivity contribution in [2.24, 2.45) is 0 Å². The van der Waals surface area contributed by atoms with Gasteiger partial charge in [-0.3, -0.25) is 0 Å². The summed E-state index contributed by atoms with van der Waals surface area (Å²) in [6, 6.07) is 3.96. The Kier molecular flexibility index (Phi) is 3.52. The lowest BCUT2D eigenvalue weighted by Crippen LogP contribution is -2.26. The quantitative estimate of drug-likeness (QED) is 0.836. The Morgan fingerprint density at radius 3 is 2.71 bits per heavy atom. The normalized spacial score (nSPS) is 12.5. The van der Waals surface area contributed by atoms with E-state index in [4.69, 9.17) is 5.11 Å². The number of rotatable bonds is 4. The van der Waals surface area contributed by atoms with Crippen LogP contribution in [-0.2, 0) is 0 Å². The van der Waals surface area contributed by atoms with Gasteiger partial charge < -0.3 is 10.0 Å². The maximum atomic E-state index is 10.7. The number of carbonyl (C=O) groups is 1. The van der Waals surface area contributed by atoms with Crippen LogP contribution in [0, 0.1) is 0 Å². The zero-order valence-electron chi connectivity index (χ0n) is 8.65. The number of hydrogen-bond donors (Lipinski definition) is 1. The van der Waals surface area contributed by atoms with Crippen LogP contribution in [0.15, 0.2) is 12.1 Å². The fourth-order valence-electron chi connectivity index (χ4n) is 1.12. The number of nitrogens with zero attached hydrogens (tertiary/aromatic N) is 1. The van der Waals surface area contributed by atoms with Crippen LogP contribution in [0.1, 0.15) is 29.9 Å². The van der Waals surface area contributed by atoms with Crippen molar-refractivity contribution in [3.05, 3.63) is 17.0 Å². The van der Waals surface area contributed by atoms with Crippen molar-refractivity contribution in [2.45, 2.75) is 26.3 Å². The molecule has 0 spiro atoms. The van der Waals surface area contributed by atoms with Gasteiger partial charge in [-0.25, -0.2) is 4.79 Å². The van der Waals surface area contributed by atoms with Gasteiger partial charge in [-0.05, 0) is 25.5 Å². The molecule has 1 heterocycles. The first-order valence-corrected chi connectivity index (χ1v) is 5.43. The highest BCUT2D eigenvalue weighted by atomic mass is 32.1. The maximum Gasteiger partial charge on any atom is 0.345 e. The topological polar surface area (TPSA) is 40.5 Å². The Labute approximate surface area is 88.0 Å². The molecular weight excluding hydrogens is 198 g/mol. The molecule has 0 fully saturated rings. The summed E-state index contributed by atoms with van der Waals surface area (Å²) < 4.78 is 0. The van der Waals surface area contributed by atoms with Crippen LogP contribution in [0.3, 0.4) is 0 Å². The Bertz CT molecular complexity index is 322. The third-order valence-electron chi connectivity index (χ3n) is 2.40. The molecule has 1 aromatic rings. The van der Waals surface area contributed by atoms with E-state index in [0.29, 0.717) is 10.9 Å². The van der Waals surface area contributed by atoms with Crippen LogP contribution in [0.4, 0.5) is 5.00 Å². The fraction of sp³-hybridized carbons (Fsp3) is 0.500. The number of carboxylic acids is 1. The van der Waals surface area contributed by atoms with Crippen molar-refractivity contribution in [3.63, 3.8) is 0 Å². The Morgan fingerprint density at radius 2 is 2.29 bits per heavy atom. The first-order chi connectivity index (χ1) is 6.56. The van der Waals surface area contributed by atoms with Gasteiger partial charge in [0.25, 0.3) is 0 Å². The van der Waals surface area contributed by atoms with E-state index in [-0.39, 0.29) is 0 Å². The highest BCUT2D eigenvalue weighted by Gasteiger charge is 2.12. The lowest BCUT2D eigenvalue weighted by molar-refractivity contribution is 0.0702.